The van der Waals surface area contributed by atoms with Crippen molar-refractivity contribution in [1.82, 2.24) is 29.3 Å². The standard InChI is InChI=1S/C42H40N8O4/c1-47-23-11-18-33(47)28-53-41-45-37-36(39(46-41)48-24-25-49(32(26-48)21-22-43)42(52)54-27-29-12-4-2-5-13-29)44-38(31-15-6-3-7-16-31)50(40(37)51)35-20-10-17-30-14-8-9-19-34(30)35/h2-10,12-17,19-20,32-33H,11,18,21,23-28H2,1H3/t32-,33-/m0/s1. The van der Waals surface area contributed by atoms with E-state index in [0.29, 0.717) is 36.0 Å². The van der Waals surface area contributed by atoms with Gasteiger partial charge in [-0.05, 0) is 43.5 Å². The number of amides is 1. The number of nitrogens with zero attached hydrogens (tertiary/aromatic N) is 8. The van der Waals surface area contributed by atoms with E-state index in [0.717, 1.165) is 41.3 Å². The summed E-state index contributed by atoms with van der Waals surface area (Å²) in [6.45, 7) is 2.37. The average molecular weight is 721 g/mol. The van der Waals surface area contributed by atoms with Crippen LogP contribution in [0.15, 0.2) is 108 Å². The van der Waals surface area contributed by atoms with Crippen molar-refractivity contribution in [2.45, 2.75) is 38.0 Å². The number of carbonyl (C=O) groups is 1. The second-order valence-corrected chi connectivity index (χ2v) is 13.8. The summed E-state index contributed by atoms with van der Waals surface area (Å²) in [5.74, 6) is 0.849. The molecule has 0 N–H and O–H groups in total. The number of fused-ring (bicyclic) bond motifs is 2. The SMILES string of the molecule is CN1CCC[C@H]1COc1nc(N2CCN(C(=O)OCc3ccccc3)[C@@H](CC#N)C2)c2nc(-c3ccccc3)n(-c3cccc4ccccc34)c(=O)c2n1. The minimum absolute atomic E-state index is 0.0773. The molecule has 6 aromatic rings. The van der Waals surface area contributed by atoms with Crippen molar-refractivity contribution in [2.75, 3.05) is 44.7 Å². The van der Waals surface area contributed by atoms with Crippen molar-refractivity contribution in [3.63, 3.8) is 0 Å². The summed E-state index contributed by atoms with van der Waals surface area (Å²) in [5, 5.41) is 11.7. The largest absolute Gasteiger partial charge is 0.462 e. The Morgan fingerprint density at radius 1 is 0.852 bits per heavy atom. The number of ether oxygens (including phenoxy) is 2. The third-order valence-corrected chi connectivity index (χ3v) is 10.3. The highest BCUT2D eigenvalue weighted by Crippen LogP contribution is 2.32. The molecule has 2 atom stereocenters. The van der Waals surface area contributed by atoms with Crippen molar-refractivity contribution in [3.8, 4) is 29.2 Å². The topological polar surface area (TPSA) is 130 Å². The number of benzene rings is 4. The van der Waals surface area contributed by atoms with E-state index in [4.69, 9.17) is 24.4 Å². The Kier molecular flexibility index (Phi) is 9.87. The molecule has 272 valence electrons. The fraction of sp³-hybridized carbons (Fsp3) is 0.286. The predicted molar refractivity (Wildman–Crippen MR) is 207 cm³/mol. The number of nitriles is 1. The number of anilines is 1. The van der Waals surface area contributed by atoms with E-state index < -0.39 is 12.1 Å². The number of hydrogen-bond donors (Lipinski definition) is 0. The molecule has 4 aromatic carbocycles. The quantitative estimate of drug-likeness (QED) is 0.170. The van der Waals surface area contributed by atoms with Crippen molar-refractivity contribution in [1.29, 1.82) is 5.26 Å². The molecule has 0 aliphatic carbocycles. The zero-order valence-corrected chi connectivity index (χ0v) is 30.0. The lowest BCUT2D eigenvalue weighted by molar-refractivity contribution is 0.0768. The van der Waals surface area contributed by atoms with Crippen LogP contribution in [0.25, 0.3) is 38.9 Å². The van der Waals surface area contributed by atoms with Crippen molar-refractivity contribution in [2.24, 2.45) is 0 Å². The number of rotatable bonds is 9. The number of carbonyl (C=O) groups excluding carboxylic acids is 1. The van der Waals surface area contributed by atoms with Gasteiger partial charge in [0.05, 0.1) is 24.2 Å². The molecular weight excluding hydrogens is 681 g/mol. The number of piperazine rings is 1. The summed E-state index contributed by atoms with van der Waals surface area (Å²) >= 11 is 0. The van der Waals surface area contributed by atoms with Crippen LogP contribution < -0.4 is 15.2 Å². The first kappa shape index (κ1) is 34.7. The first-order valence-electron chi connectivity index (χ1n) is 18.3. The number of hydrogen-bond acceptors (Lipinski definition) is 10. The molecule has 0 spiro atoms. The second kappa shape index (κ2) is 15.3. The van der Waals surface area contributed by atoms with Crippen LogP contribution in [0.3, 0.4) is 0 Å². The van der Waals surface area contributed by atoms with Gasteiger partial charge in [0.15, 0.2) is 11.3 Å². The molecule has 0 saturated carbocycles. The molecule has 54 heavy (non-hydrogen) atoms. The van der Waals surface area contributed by atoms with Gasteiger partial charge in [0.1, 0.15) is 24.6 Å². The zero-order valence-electron chi connectivity index (χ0n) is 30.0. The van der Waals surface area contributed by atoms with Gasteiger partial charge in [-0.1, -0.05) is 97.1 Å². The van der Waals surface area contributed by atoms with E-state index >= 15 is 4.79 Å². The van der Waals surface area contributed by atoms with Crippen LogP contribution in [-0.2, 0) is 11.3 Å². The Labute approximate surface area is 312 Å². The van der Waals surface area contributed by atoms with E-state index in [-0.39, 0.29) is 49.2 Å². The van der Waals surface area contributed by atoms with Crippen LogP contribution >= 0.6 is 0 Å². The van der Waals surface area contributed by atoms with Crippen molar-refractivity contribution < 1.29 is 14.3 Å². The normalized spacial score (nSPS) is 17.5. The van der Waals surface area contributed by atoms with Crippen LogP contribution in [0.5, 0.6) is 6.01 Å². The molecule has 12 heteroatoms. The van der Waals surface area contributed by atoms with Crippen molar-refractivity contribution >= 4 is 33.7 Å². The second-order valence-electron chi connectivity index (χ2n) is 13.8. The molecule has 0 unspecified atom stereocenters. The molecule has 0 radical (unpaired) electrons. The lowest BCUT2D eigenvalue weighted by atomic mass is 10.1. The molecule has 4 heterocycles. The Morgan fingerprint density at radius 2 is 1.61 bits per heavy atom. The summed E-state index contributed by atoms with van der Waals surface area (Å²) in [6.07, 6.45) is 1.66. The molecule has 12 nitrogen and oxygen atoms in total. The van der Waals surface area contributed by atoms with E-state index in [1.807, 2.05) is 108 Å². The van der Waals surface area contributed by atoms with E-state index in [1.165, 1.54) is 0 Å². The minimum Gasteiger partial charge on any atom is -0.462 e. The van der Waals surface area contributed by atoms with Gasteiger partial charge in [-0.3, -0.25) is 9.36 Å². The molecule has 0 bridgehead atoms. The highest BCUT2D eigenvalue weighted by atomic mass is 16.6. The Balaban J connectivity index is 1.24. The third kappa shape index (κ3) is 6.93. The van der Waals surface area contributed by atoms with Gasteiger partial charge in [-0.25, -0.2) is 9.78 Å². The first-order chi connectivity index (χ1) is 26.5. The van der Waals surface area contributed by atoms with Crippen molar-refractivity contribution in [3.05, 3.63) is 119 Å². The summed E-state index contributed by atoms with van der Waals surface area (Å²) in [5.41, 5.74) is 2.37. The van der Waals surface area contributed by atoms with Crippen LogP contribution in [0.4, 0.5) is 10.6 Å². The predicted octanol–water partition coefficient (Wildman–Crippen LogP) is 6.21. The lowest BCUT2D eigenvalue weighted by Crippen LogP contribution is -2.55. The van der Waals surface area contributed by atoms with Crippen LogP contribution in [-0.4, -0.2) is 87.3 Å². The number of likely N-dealkylation sites (tertiary alicyclic amines) is 1. The summed E-state index contributed by atoms with van der Waals surface area (Å²) in [6, 6.07) is 34.9. The Morgan fingerprint density at radius 3 is 2.39 bits per heavy atom. The van der Waals surface area contributed by atoms with Gasteiger partial charge < -0.3 is 24.2 Å². The highest BCUT2D eigenvalue weighted by molar-refractivity contribution is 5.93. The fourth-order valence-electron chi connectivity index (χ4n) is 7.46. The Bertz CT molecular complexity index is 2390. The van der Waals surface area contributed by atoms with Crippen LogP contribution in [0.1, 0.15) is 24.8 Å². The summed E-state index contributed by atoms with van der Waals surface area (Å²) in [4.78, 5) is 49.1. The van der Waals surface area contributed by atoms with Gasteiger partial charge in [-0.2, -0.15) is 15.2 Å². The third-order valence-electron chi connectivity index (χ3n) is 10.3. The van der Waals surface area contributed by atoms with Gasteiger partial charge in [-0.15, -0.1) is 0 Å². The molecular formula is C42H40N8O4. The smallest absolute Gasteiger partial charge is 0.410 e. The van der Waals surface area contributed by atoms with E-state index in [2.05, 4.69) is 18.0 Å². The minimum atomic E-state index is -0.502. The molecule has 1 amide bonds. The molecule has 2 aliphatic rings. The highest BCUT2D eigenvalue weighted by Gasteiger charge is 2.34. The number of aromatic nitrogens is 4. The monoisotopic (exact) mass is 720 g/mol. The molecule has 2 aromatic heterocycles. The maximum atomic E-state index is 15.0. The van der Waals surface area contributed by atoms with Gasteiger partial charge >= 0.3 is 12.1 Å². The van der Waals surface area contributed by atoms with Gasteiger partial charge in [0, 0.05) is 36.6 Å². The molecule has 2 saturated heterocycles. The van der Waals surface area contributed by atoms with Gasteiger partial charge in [0.2, 0.25) is 0 Å². The van der Waals surface area contributed by atoms with E-state index in [9.17, 15) is 10.1 Å². The fourth-order valence-corrected chi connectivity index (χ4v) is 7.46. The van der Waals surface area contributed by atoms with Crippen LogP contribution in [0, 0.1) is 11.3 Å². The molecule has 8 rings (SSSR count). The lowest BCUT2D eigenvalue weighted by Gasteiger charge is -2.40. The first-order valence-corrected chi connectivity index (χ1v) is 18.3. The summed E-state index contributed by atoms with van der Waals surface area (Å²) < 4.78 is 13.6. The van der Waals surface area contributed by atoms with E-state index in [1.54, 1.807) is 9.47 Å². The zero-order chi connectivity index (χ0) is 37.0. The molecule has 2 aliphatic heterocycles. The molecule has 2 fully saturated rings. The maximum absolute atomic E-state index is 15.0. The maximum Gasteiger partial charge on any atom is 0.410 e. The van der Waals surface area contributed by atoms with Gasteiger partial charge in [0.25, 0.3) is 5.56 Å². The number of likely N-dealkylation sites (N-methyl/N-ethyl adjacent to an activating group) is 1. The Hall–Kier alpha value is -6.32. The van der Waals surface area contributed by atoms with Crippen LogP contribution in [0.2, 0.25) is 0 Å². The summed E-state index contributed by atoms with van der Waals surface area (Å²) in [7, 11) is 2.07. The average Bonchev–Trinajstić information content (AvgIpc) is 3.63.